The Morgan fingerprint density at radius 1 is 1.32 bits per heavy atom. The van der Waals surface area contributed by atoms with Gasteiger partial charge in [-0.3, -0.25) is 0 Å². The predicted molar refractivity (Wildman–Crippen MR) is 86.5 cm³/mol. The second-order valence-corrected chi connectivity index (χ2v) is 6.96. The van der Waals surface area contributed by atoms with E-state index in [-0.39, 0.29) is 5.54 Å². The first-order valence-corrected chi connectivity index (χ1v) is 8.35. The lowest BCUT2D eigenvalue weighted by Crippen LogP contribution is -2.35. The molecular formula is C15H24ClNOS. The number of rotatable bonds is 7. The van der Waals surface area contributed by atoms with Crippen LogP contribution in [0.15, 0.2) is 18.2 Å². The molecular weight excluding hydrogens is 278 g/mol. The first-order chi connectivity index (χ1) is 8.92. The van der Waals surface area contributed by atoms with Gasteiger partial charge in [-0.1, -0.05) is 17.7 Å². The number of halogens is 1. The SMILES string of the molecule is CSCCCOc1ccc(CNC(C)(C)C)cc1Cl. The summed E-state index contributed by atoms with van der Waals surface area (Å²) in [5.41, 5.74) is 1.29. The molecule has 0 radical (unpaired) electrons. The molecule has 0 amide bonds. The summed E-state index contributed by atoms with van der Waals surface area (Å²) in [4.78, 5) is 0. The summed E-state index contributed by atoms with van der Waals surface area (Å²) < 4.78 is 5.67. The highest BCUT2D eigenvalue weighted by atomic mass is 35.5. The summed E-state index contributed by atoms with van der Waals surface area (Å²) in [5, 5.41) is 4.13. The van der Waals surface area contributed by atoms with Gasteiger partial charge in [0.2, 0.25) is 0 Å². The van der Waals surface area contributed by atoms with Crippen molar-refractivity contribution in [3.63, 3.8) is 0 Å². The van der Waals surface area contributed by atoms with Crippen molar-refractivity contribution in [2.45, 2.75) is 39.3 Å². The average molecular weight is 302 g/mol. The monoisotopic (exact) mass is 301 g/mol. The van der Waals surface area contributed by atoms with Crippen LogP contribution in [0.3, 0.4) is 0 Å². The topological polar surface area (TPSA) is 21.3 Å². The molecule has 2 nitrogen and oxygen atoms in total. The van der Waals surface area contributed by atoms with Crippen LogP contribution in [0.5, 0.6) is 5.75 Å². The lowest BCUT2D eigenvalue weighted by Gasteiger charge is -2.20. The molecule has 1 rings (SSSR count). The Bertz CT molecular complexity index is 390. The molecule has 0 bridgehead atoms. The highest BCUT2D eigenvalue weighted by Crippen LogP contribution is 2.25. The van der Waals surface area contributed by atoms with Crippen LogP contribution in [0, 0.1) is 0 Å². The van der Waals surface area contributed by atoms with E-state index in [1.165, 1.54) is 5.56 Å². The molecule has 108 valence electrons. The molecule has 0 aliphatic carbocycles. The molecule has 0 atom stereocenters. The molecule has 0 aliphatic rings. The lowest BCUT2D eigenvalue weighted by molar-refractivity contribution is 0.319. The summed E-state index contributed by atoms with van der Waals surface area (Å²) >= 11 is 8.07. The Morgan fingerprint density at radius 2 is 2.05 bits per heavy atom. The van der Waals surface area contributed by atoms with Crippen LogP contribution >= 0.6 is 23.4 Å². The van der Waals surface area contributed by atoms with Crippen molar-refractivity contribution in [3.05, 3.63) is 28.8 Å². The second kappa shape index (κ2) is 8.03. The highest BCUT2D eigenvalue weighted by molar-refractivity contribution is 7.98. The molecule has 0 heterocycles. The molecule has 4 heteroatoms. The Kier molecular flexibility index (Phi) is 7.05. The van der Waals surface area contributed by atoms with Crippen molar-refractivity contribution >= 4 is 23.4 Å². The number of ether oxygens (including phenoxy) is 1. The van der Waals surface area contributed by atoms with E-state index in [9.17, 15) is 0 Å². The molecule has 19 heavy (non-hydrogen) atoms. The third-order valence-electron chi connectivity index (χ3n) is 2.57. The van der Waals surface area contributed by atoms with Crippen LogP contribution in [-0.2, 0) is 6.54 Å². The molecule has 0 aliphatic heterocycles. The zero-order valence-electron chi connectivity index (χ0n) is 12.3. The highest BCUT2D eigenvalue weighted by Gasteiger charge is 2.09. The first-order valence-electron chi connectivity index (χ1n) is 6.57. The van der Waals surface area contributed by atoms with Crippen molar-refractivity contribution in [1.29, 1.82) is 0 Å². The Morgan fingerprint density at radius 3 is 2.63 bits per heavy atom. The lowest BCUT2D eigenvalue weighted by atomic mass is 10.1. The van der Waals surface area contributed by atoms with Crippen LogP contribution in [0.4, 0.5) is 0 Å². The van der Waals surface area contributed by atoms with Crippen LogP contribution in [-0.4, -0.2) is 24.2 Å². The maximum Gasteiger partial charge on any atom is 0.137 e. The van der Waals surface area contributed by atoms with E-state index in [4.69, 9.17) is 16.3 Å². The van der Waals surface area contributed by atoms with Crippen molar-refractivity contribution in [1.82, 2.24) is 5.32 Å². The van der Waals surface area contributed by atoms with E-state index >= 15 is 0 Å². The number of hydrogen-bond acceptors (Lipinski definition) is 3. The van der Waals surface area contributed by atoms with Gasteiger partial charge in [-0.25, -0.2) is 0 Å². The van der Waals surface area contributed by atoms with Gasteiger partial charge in [-0.15, -0.1) is 0 Å². The Balaban J connectivity index is 2.49. The predicted octanol–water partition coefficient (Wildman–Crippen LogP) is 4.36. The Labute approximate surface area is 126 Å². The van der Waals surface area contributed by atoms with Crippen LogP contribution in [0.2, 0.25) is 5.02 Å². The minimum Gasteiger partial charge on any atom is -0.492 e. The van der Waals surface area contributed by atoms with E-state index in [2.05, 4.69) is 38.4 Å². The molecule has 1 N–H and O–H groups in total. The zero-order chi connectivity index (χ0) is 14.3. The van der Waals surface area contributed by atoms with Gasteiger partial charge in [0.15, 0.2) is 0 Å². The van der Waals surface area contributed by atoms with E-state index in [0.717, 1.165) is 31.1 Å². The number of benzene rings is 1. The van der Waals surface area contributed by atoms with Gasteiger partial charge >= 0.3 is 0 Å². The number of thioether (sulfide) groups is 1. The van der Waals surface area contributed by atoms with Crippen LogP contribution < -0.4 is 10.1 Å². The van der Waals surface area contributed by atoms with Gasteiger partial charge in [0, 0.05) is 12.1 Å². The van der Waals surface area contributed by atoms with Crippen molar-refractivity contribution in [2.24, 2.45) is 0 Å². The number of nitrogens with one attached hydrogen (secondary N) is 1. The van der Waals surface area contributed by atoms with E-state index < -0.39 is 0 Å². The summed E-state index contributed by atoms with van der Waals surface area (Å²) in [6, 6.07) is 6.00. The fourth-order valence-electron chi connectivity index (χ4n) is 1.52. The summed E-state index contributed by atoms with van der Waals surface area (Å²) in [7, 11) is 0. The fraction of sp³-hybridized carbons (Fsp3) is 0.600. The van der Waals surface area contributed by atoms with Gasteiger partial charge < -0.3 is 10.1 Å². The molecule has 0 fully saturated rings. The van der Waals surface area contributed by atoms with E-state index in [1.807, 2.05) is 23.9 Å². The second-order valence-electron chi connectivity index (χ2n) is 5.56. The average Bonchev–Trinajstić information content (AvgIpc) is 2.33. The van der Waals surface area contributed by atoms with Crippen LogP contribution in [0.25, 0.3) is 0 Å². The molecule has 1 aromatic carbocycles. The van der Waals surface area contributed by atoms with E-state index in [1.54, 1.807) is 0 Å². The van der Waals surface area contributed by atoms with Gasteiger partial charge in [0.05, 0.1) is 11.6 Å². The van der Waals surface area contributed by atoms with Crippen LogP contribution in [0.1, 0.15) is 32.8 Å². The molecule has 0 saturated carbocycles. The summed E-state index contributed by atoms with van der Waals surface area (Å²) in [6.07, 6.45) is 3.15. The standard InChI is InChI=1S/C15H24ClNOS/c1-15(2,3)17-11-12-6-7-14(13(16)10-12)18-8-5-9-19-4/h6-7,10,17H,5,8-9,11H2,1-4H3. The fourth-order valence-corrected chi connectivity index (χ4v) is 2.19. The van der Waals surface area contributed by atoms with Gasteiger partial charge in [0.1, 0.15) is 5.75 Å². The molecule has 1 aromatic rings. The number of hydrogen-bond donors (Lipinski definition) is 1. The molecule has 0 spiro atoms. The third kappa shape index (κ3) is 7.09. The zero-order valence-corrected chi connectivity index (χ0v) is 13.8. The smallest absolute Gasteiger partial charge is 0.137 e. The van der Waals surface area contributed by atoms with Crippen molar-refractivity contribution in [2.75, 3.05) is 18.6 Å². The molecule has 0 unspecified atom stereocenters. The normalized spacial score (nSPS) is 11.6. The maximum atomic E-state index is 6.23. The minimum absolute atomic E-state index is 0.111. The molecule has 0 aromatic heterocycles. The first kappa shape index (κ1) is 16.7. The largest absolute Gasteiger partial charge is 0.492 e. The summed E-state index contributed by atoms with van der Waals surface area (Å²) in [6.45, 7) is 7.99. The maximum absolute atomic E-state index is 6.23. The van der Waals surface area contributed by atoms with Gasteiger partial charge in [-0.2, -0.15) is 11.8 Å². The van der Waals surface area contributed by atoms with E-state index in [0.29, 0.717) is 5.02 Å². The third-order valence-corrected chi connectivity index (χ3v) is 3.56. The van der Waals surface area contributed by atoms with Gasteiger partial charge in [-0.05, 0) is 56.9 Å². The van der Waals surface area contributed by atoms with Gasteiger partial charge in [0.25, 0.3) is 0 Å². The quantitative estimate of drug-likeness (QED) is 0.756. The Hall–Kier alpha value is -0.380. The van der Waals surface area contributed by atoms with Crippen molar-refractivity contribution in [3.8, 4) is 5.75 Å². The minimum atomic E-state index is 0.111. The van der Waals surface area contributed by atoms with Crippen molar-refractivity contribution < 1.29 is 4.74 Å². The molecule has 0 saturated heterocycles. The summed E-state index contributed by atoms with van der Waals surface area (Å²) in [5.74, 6) is 1.90.